The van der Waals surface area contributed by atoms with Crippen LogP contribution in [-0.2, 0) is 0 Å². The third-order valence-corrected chi connectivity index (χ3v) is 1.73. The van der Waals surface area contributed by atoms with Crippen molar-refractivity contribution in [1.82, 2.24) is 0 Å². The normalized spacial score (nSPS) is 13.0. The molecular formula is C9H14N2. The predicted molar refractivity (Wildman–Crippen MR) is 48.2 cm³/mol. The zero-order valence-corrected chi connectivity index (χ0v) is 6.96. The zero-order valence-electron chi connectivity index (χ0n) is 6.96. The number of anilines is 1. The quantitative estimate of drug-likeness (QED) is 0.597. The minimum absolute atomic E-state index is 0.0237. The van der Waals surface area contributed by atoms with Crippen molar-refractivity contribution in [3.8, 4) is 0 Å². The molecule has 0 saturated carbocycles. The van der Waals surface area contributed by atoms with Crippen molar-refractivity contribution < 1.29 is 0 Å². The molecule has 0 spiro atoms. The fourth-order valence-corrected chi connectivity index (χ4v) is 1.11. The Morgan fingerprint density at radius 1 is 1.36 bits per heavy atom. The van der Waals surface area contributed by atoms with E-state index >= 15 is 0 Å². The van der Waals surface area contributed by atoms with Crippen LogP contribution in [0, 0.1) is 6.92 Å². The van der Waals surface area contributed by atoms with E-state index in [1.54, 1.807) is 0 Å². The van der Waals surface area contributed by atoms with Gasteiger partial charge in [0.05, 0.1) is 0 Å². The van der Waals surface area contributed by atoms with Crippen LogP contribution < -0.4 is 11.5 Å². The third-order valence-electron chi connectivity index (χ3n) is 1.73. The van der Waals surface area contributed by atoms with Crippen LogP contribution in [0.3, 0.4) is 0 Å². The molecule has 1 aromatic carbocycles. The number of rotatable bonds is 1. The molecule has 1 aromatic rings. The smallest absolute Gasteiger partial charge is 0.0364 e. The number of nitrogens with two attached hydrogens (primary N) is 2. The second-order valence-electron chi connectivity index (χ2n) is 2.92. The number of hydrogen-bond acceptors (Lipinski definition) is 2. The molecule has 0 saturated heterocycles. The molecule has 11 heavy (non-hydrogen) atoms. The Morgan fingerprint density at radius 2 is 2.00 bits per heavy atom. The van der Waals surface area contributed by atoms with Gasteiger partial charge in [-0.05, 0) is 31.0 Å². The minimum Gasteiger partial charge on any atom is -0.398 e. The molecule has 4 N–H and O–H groups in total. The van der Waals surface area contributed by atoms with E-state index in [0.29, 0.717) is 0 Å². The average Bonchev–Trinajstić information content (AvgIpc) is 1.85. The molecule has 1 rings (SSSR count). The maximum atomic E-state index is 5.74. The zero-order chi connectivity index (χ0) is 8.43. The van der Waals surface area contributed by atoms with E-state index in [1.807, 2.05) is 32.0 Å². The number of benzene rings is 1. The lowest BCUT2D eigenvalue weighted by Gasteiger charge is -2.09. The lowest BCUT2D eigenvalue weighted by atomic mass is 10.1. The van der Waals surface area contributed by atoms with Crippen LogP contribution in [0.15, 0.2) is 18.2 Å². The summed E-state index contributed by atoms with van der Waals surface area (Å²) < 4.78 is 0. The van der Waals surface area contributed by atoms with Crippen LogP contribution in [0.1, 0.15) is 24.1 Å². The first kappa shape index (κ1) is 8.08. The van der Waals surface area contributed by atoms with Gasteiger partial charge in [-0.1, -0.05) is 12.1 Å². The molecule has 0 aromatic heterocycles. The maximum absolute atomic E-state index is 5.74. The molecule has 2 nitrogen and oxygen atoms in total. The van der Waals surface area contributed by atoms with Crippen molar-refractivity contribution in [3.63, 3.8) is 0 Å². The highest BCUT2D eigenvalue weighted by molar-refractivity contribution is 5.50. The molecule has 0 fully saturated rings. The summed E-state index contributed by atoms with van der Waals surface area (Å²) in [4.78, 5) is 0. The van der Waals surface area contributed by atoms with Gasteiger partial charge in [-0.15, -0.1) is 0 Å². The number of aryl methyl sites for hydroxylation is 1. The van der Waals surface area contributed by atoms with Gasteiger partial charge >= 0.3 is 0 Å². The van der Waals surface area contributed by atoms with Crippen LogP contribution in [0.5, 0.6) is 0 Å². The van der Waals surface area contributed by atoms with E-state index < -0.39 is 0 Å². The van der Waals surface area contributed by atoms with Gasteiger partial charge in [-0.25, -0.2) is 0 Å². The van der Waals surface area contributed by atoms with Gasteiger partial charge in [-0.3, -0.25) is 0 Å². The Balaban J connectivity index is 3.09. The van der Waals surface area contributed by atoms with Crippen LogP contribution in [0.25, 0.3) is 0 Å². The molecular weight excluding hydrogens is 136 g/mol. The molecule has 0 heterocycles. The lowest BCUT2D eigenvalue weighted by Crippen LogP contribution is -2.07. The van der Waals surface area contributed by atoms with Crippen molar-refractivity contribution in [2.24, 2.45) is 5.73 Å². The molecule has 0 aliphatic carbocycles. The monoisotopic (exact) mass is 150 g/mol. The molecule has 0 aliphatic heterocycles. The Labute approximate surface area is 67.2 Å². The van der Waals surface area contributed by atoms with Crippen LogP contribution >= 0.6 is 0 Å². The molecule has 60 valence electrons. The van der Waals surface area contributed by atoms with Crippen molar-refractivity contribution in [1.29, 1.82) is 0 Å². The standard InChI is InChI=1S/C9H14N2/c1-6-3-4-8(7(2)10)9(11)5-6/h3-5,7H,10-11H2,1-2H3. The van der Waals surface area contributed by atoms with Gasteiger partial charge in [0, 0.05) is 11.7 Å². The number of hydrogen-bond donors (Lipinski definition) is 2. The summed E-state index contributed by atoms with van der Waals surface area (Å²) in [6, 6.07) is 5.97. The van der Waals surface area contributed by atoms with Gasteiger partial charge in [0.2, 0.25) is 0 Å². The largest absolute Gasteiger partial charge is 0.398 e. The van der Waals surface area contributed by atoms with Crippen molar-refractivity contribution in [2.75, 3.05) is 5.73 Å². The van der Waals surface area contributed by atoms with Gasteiger partial charge in [0.1, 0.15) is 0 Å². The van der Waals surface area contributed by atoms with E-state index in [1.165, 1.54) is 5.56 Å². The van der Waals surface area contributed by atoms with Gasteiger partial charge < -0.3 is 11.5 Å². The fourth-order valence-electron chi connectivity index (χ4n) is 1.11. The predicted octanol–water partition coefficient (Wildman–Crippen LogP) is 1.60. The van der Waals surface area contributed by atoms with Crippen LogP contribution in [0.4, 0.5) is 5.69 Å². The SMILES string of the molecule is Cc1ccc(C(C)N)c(N)c1. The van der Waals surface area contributed by atoms with Crippen LogP contribution in [-0.4, -0.2) is 0 Å². The van der Waals surface area contributed by atoms with E-state index in [4.69, 9.17) is 11.5 Å². The molecule has 0 bridgehead atoms. The summed E-state index contributed by atoms with van der Waals surface area (Å²) in [5.74, 6) is 0. The van der Waals surface area contributed by atoms with E-state index in [-0.39, 0.29) is 6.04 Å². The second kappa shape index (κ2) is 2.93. The molecule has 1 atom stereocenters. The van der Waals surface area contributed by atoms with Gasteiger partial charge in [0.15, 0.2) is 0 Å². The Kier molecular flexibility index (Phi) is 2.15. The Morgan fingerprint density at radius 3 is 2.45 bits per heavy atom. The molecule has 0 amide bonds. The average molecular weight is 150 g/mol. The first-order valence-corrected chi connectivity index (χ1v) is 3.73. The summed E-state index contributed by atoms with van der Waals surface area (Å²) >= 11 is 0. The Bertz CT molecular complexity index is 254. The van der Waals surface area contributed by atoms with Gasteiger partial charge in [-0.2, -0.15) is 0 Å². The summed E-state index contributed by atoms with van der Waals surface area (Å²) in [7, 11) is 0. The lowest BCUT2D eigenvalue weighted by molar-refractivity contribution is 0.821. The van der Waals surface area contributed by atoms with E-state index in [2.05, 4.69) is 0 Å². The van der Waals surface area contributed by atoms with Crippen LogP contribution in [0.2, 0.25) is 0 Å². The summed E-state index contributed by atoms with van der Waals surface area (Å²) in [5.41, 5.74) is 14.4. The van der Waals surface area contributed by atoms with E-state index in [0.717, 1.165) is 11.3 Å². The van der Waals surface area contributed by atoms with Crippen molar-refractivity contribution >= 4 is 5.69 Å². The first-order valence-electron chi connectivity index (χ1n) is 3.73. The van der Waals surface area contributed by atoms with Gasteiger partial charge in [0.25, 0.3) is 0 Å². The number of nitrogen functional groups attached to an aromatic ring is 1. The molecule has 0 aliphatic rings. The first-order chi connectivity index (χ1) is 5.11. The summed E-state index contributed by atoms with van der Waals surface area (Å²) in [6.07, 6.45) is 0. The highest BCUT2D eigenvalue weighted by Crippen LogP contribution is 2.18. The summed E-state index contributed by atoms with van der Waals surface area (Å²) in [5, 5.41) is 0. The second-order valence-corrected chi connectivity index (χ2v) is 2.92. The maximum Gasteiger partial charge on any atom is 0.0364 e. The Hall–Kier alpha value is -1.02. The van der Waals surface area contributed by atoms with E-state index in [9.17, 15) is 0 Å². The van der Waals surface area contributed by atoms with Crippen molar-refractivity contribution in [2.45, 2.75) is 19.9 Å². The van der Waals surface area contributed by atoms with Crippen molar-refractivity contribution in [3.05, 3.63) is 29.3 Å². The fraction of sp³-hybridized carbons (Fsp3) is 0.333. The third kappa shape index (κ3) is 1.71. The minimum atomic E-state index is 0.0237. The highest BCUT2D eigenvalue weighted by Gasteiger charge is 2.02. The summed E-state index contributed by atoms with van der Waals surface area (Å²) in [6.45, 7) is 3.95. The highest BCUT2D eigenvalue weighted by atomic mass is 14.6. The topological polar surface area (TPSA) is 52.0 Å². The molecule has 1 unspecified atom stereocenters. The molecule has 2 heteroatoms. The molecule has 0 radical (unpaired) electrons.